The van der Waals surface area contributed by atoms with Crippen LogP contribution in [0.5, 0.6) is 0 Å². The maximum Gasteiger partial charge on any atom is 0.153 e. The lowest BCUT2D eigenvalue weighted by molar-refractivity contribution is 1.16. The second-order valence-electron chi connectivity index (χ2n) is 2.59. The molecule has 0 fully saturated rings. The van der Waals surface area contributed by atoms with Crippen LogP contribution in [0.3, 0.4) is 0 Å². The van der Waals surface area contributed by atoms with Gasteiger partial charge in [0.2, 0.25) is 0 Å². The Morgan fingerprint density at radius 1 is 1.67 bits per heavy atom. The highest BCUT2D eigenvalue weighted by molar-refractivity contribution is 7.19. The maximum atomic E-state index is 6.19. The molecule has 0 N–H and O–H groups in total. The second-order valence-corrected chi connectivity index (χ2v) is 9.37. The topological polar surface area (TPSA) is 0 Å². The maximum absolute atomic E-state index is 6.19. The standard InChI is InChI=1S/C7H15ClSi/c1-4-6-7-9(3,8)5-2/h4H,1,5-7H2,2-3H3. The van der Waals surface area contributed by atoms with Crippen LogP contribution in [-0.2, 0) is 0 Å². The fraction of sp³-hybridized carbons (Fsp3) is 0.714. The van der Waals surface area contributed by atoms with Gasteiger partial charge < -0.3 is 0 Å². The van der Waals surface area contributed by atoms with E-state index in [4.69, 9.17) is 11.1 Å². The Bertz CT molecular complexity index is 88.9. The van der Waals surface area contributed by atoms with Gasteiger partial charge in [-0.25, -0.2) is 0 Å². The minimum absolute atomic E-state index is 1.08. The van der Waals surface area contributed by atoms with E-state index < -0.39 is 7.38 Å². The third-order valence-corrected chi connectivity index (χ3v) is 5.78. The third kappa shape index (κ3) is 4.73. The summed E-state index contributed by atoms with van der Waals surface area (Å²) >= 11 is 6.19. The summed E-state index contributed by atoms with van der Waals surface area (Å²) in [6.07, 6.45) is 3.03. The van der Waals surface area contributed by atoms with E-state index in [1.807, 2.05) is 6.08 Å². The predicted octanol–water partition coefficient (Wildman–Crippen LogP) is 3.40. The molecule has 1 atom stereocenters. The van der Waals surface area contributed by atoms with Crippen molar-refractivity contribution in [3.05, 3.63) is 12.7 Å². The van der Waals surface area contributed by atoms with Crippen molar-refractivity contribution < 1.29 is 0 Å². The number of rotatable bonds is 4. The molecule has 0 aliphatic rings. The quantitative estimate of drug-likeness (QED) is 0.338. The van der Waals surface area contributed by atoms with Crippen LogP contribution >= 0.6 is 11.1 Å². The minimum Gasteiger partial charge on any atom is -0.167 e. The molecule has 1 unspecified atom stereocenters. The van der Waals surface area contributed by atoms with E-state index in [0.717, 1.165) is 6.42 Å². The number of allylic oxidation sites excluding steroid dienone is 1. The molecule has 0 bridgehead atoms. The Balaban J connectivity index is 3.44. The molecule has 0 spiro atoms. The number of hydrogen-bond donors (Lipinski definition) is 0. The number of halogens is 1. The van der Waals surface area contributed by atoms with Crippen LogP contribution in [0.1, 0.15) is 13.3 Å². The zero-order valence-corrected chi connectivity index (χ0v) is 8.04. The average molecular weight is 163 g/mol. The molecule has 0 rings (SSSR count). The molecular weight excluding hydrogens is 148 g/mol. The van der Waals surface area contributed by atoms with Crippen molar-refractivity contribution in [2.75, 3.05) is 0 Å². The smallest absolute Gasteiger partial charge is 0.153 e. The Labute approximate surface area is 63.6 Å². The van der Waals surface area contributed by atoms with Crippen molar-refractivity contribution in [3.8, 4) is 0 Å². The van der Waals surface area contributed by atoms with Crippen LogP contribution in [0.4, 0.5) is 0 Å². The van der Waals surface area contributed by atoms with Crippen LogP contribution < -0.4 is 0 Å². The van der Waals surface area contributed by atoms with E-state index in [1.54, 1.807) is 0 Å². The summed E-state index contributed by atoms with van der Waals surface area (Å²) in [5.41, 5.74) is 0. The van der Waals surface area contributed by atoms with E-state index in [0.29, 0.717) is 0 Å². The molecule has 9 heavy (non-hydrogen) atoms. The summed E-state index contributed by atoms with van der Waals surface area (Å²) in [4.78, 5) is 0. The highest BCUT2D eigenvalue weighted by Gasteiger charge is 2.19. The van der Waals surface area contributed by atoms with Crippen LogP contribution in [0, 0.1) is 0 Å². The van der Waals surface area contributed by atoms with E-state index >= 15 is 0 Å². The van der Waals surface area contributed by atoms with Crippen molar-refractivity contribution in [1.29, 1.82) is 0 Å². The van der Waals surface area contributed by atoms with Crippen molar-refractivity contribution in [3.63, 3.8) is 0 Å². The normalized spacial score (nSPS) is 16.8. The molecule has 2 heteroatoms. The molecule has 54 valence electrons. The molecule has 0 saturated heterocycles. The van der Waals surface area contributed by atoms with Gasteiger partial charge in [0.1, 0.15) is 0 Å². The first-order chi connectivity index (χ1) is 4.12. The predicted molar refractivity (Wildman–Crippen MR) is 47.6 cm³/mol. The van der Waals surface area contributed by atoms with E-state index in [9.17, 15) is 0 Å². The molecule has 0 heterocycles. The molecule has 0 aliphatic carbocycles. The van der Waals surface area contributed by atoms with Crippen LogP contribution in [0.25, 0.3) is 0 Å². The van der Waals surface area contributed by atoms with Gasteiger partial charge >= 0.3 is 0 Å². The SMILES string of the molecule is C=CCC[Si](C)(Cl)CC. The Morgan fingerprint density at radius 3 is 2.56 bits per heavy atom. The molecular formula is C7H15ClSi. The summed E-state index contributed by atoms with van der Waals surface area (Å²) in [7, 11) is -1.30. The van der Waals surface area contributed by atoms with Crippen molar-refractivity contribution in [1.82, 2.24) is 0 Å². The zero-order chi connectivity index (χ0) is 7.33. The fourth-order valence-electron chi connectivity index (χ4n) is 0.580. The lowest BCUT2D eigenvalue weighted by Gasteiger charge is -2.14. The summed E-state index contributed by atoms with van der Waals surface area (Å²) in [5, 5.41) is 0. The van der Waals surface area contributed by atoms with Gasteiger partial charge in [0.15, 0.2) is 7.38 Å². The summed E-state index contributed by atoms with van der Waals surface area (Å²) < 4.78 is 0. The van der Waals surface area contributed by atoms with Gasteiger partial charge in [-0.1, -0.05) is 19.5 Å². The first-order valence-electron chi connectivity index (χ1n) is 3.42. The third-order valence-electron chi connectivity index (χ3n) is 1.61. The molecule has 0 aromatic rings. The van der Waals surface area contributed by atoms with Crippen LogP contribution in [0.15, 0.2) is 12.7 Å². The molecule has 0 aromatic heterocycles. The van der Waals surface area contributed by atoms with Gasteiger partial charge in [-0.05, 0) is 18.5 Å². The second kappa shape index (κ2) is 4.12. The van der Waals surface area contributed by atoms with Gasteiger partial charge in [0.05, 0.1) is 0 Å². The van der Waals surface area contributed by atoms with Gasteiger partial charge in [0, 0.05) is 0 Å². The largest absolute Gasteiger partial charge is 0.167 e. The lowest BCUT2D eigenvalue weighted by atomic mass is 10.5. The summed E-state index contributed by atoms with van der Waals surface area (Å²) in [6.45, 7) is 8.04. The van der Waals surface area contributed by atoms with Crippen molar-refractivity contribution >= 4 is 18.5 Å². The minimum atomic E-state index is -1.30. The fourth-order valence-corrected chi connectivity index (χ4v) is 2.07. The average Bonchev–Trinajstić information content (AvgIpc) is 1.84. The number of hydrogen-bond acceptors (Lipinski definition) is 0. The first-order valence-corrected chi connectivity index (χ1v) is 7.35. The van der Waals surface area contributed by atoms with Crippen LogP contribution in [0.2, 0.25) is 18.6 Å². The van der Waals surface area contributed by atoms with E-state index in [1.165, 1.54) is 12.1 Å². The van der Waals surface area contributed by atoms with Gasteiger partial charge in [-0.15, -0.1) is 6.58 Å². The Hall–Kier alpha value is 0.247. The highest BCUT2D eigenvalue weighted by atomic mass is 35.6. The monoisotopic (exact) mass is 162 g/mol. The van der Waals surface area contributed by atoms with Gasteiger partial charge in [0.25, 0.3) is 0 Å². The molecule has 0 radical (unpaired) electrons. The molecule has 0 aliphatic heterocycles. The zero-order valence-electron chi connectivity index (χ0n) is 6.28. The van der Waals surface area contributed by atoms with Gasteiger partial charge in [-0.3, -0.25) is 0 Å². The van der Waals surface area contributed by atoms with Crippen molar-refractivity contribution in [2.24, 2.45) is 0 Å². The van der Waals surface area contributed by atoms with Gasteiger partial charge in [-0.2, -0.15) is 11.1 Å². The summed E-state index contributed by atoms with van der Waals surface area (Å²) in [5.74, 6) is 0. The summed E-state index contributed by atoms with van der Waals surface area (Å²) in [6, 6.07) is 2.34. The molecule has 0 aromatic carbocycles. The van der Waals surface area contributed by atoms with Crippen molar-refractivity contribution in [2.45, 2.75) is 32.0 Å². The van der Waals surface area contributed by atoms with E-state index in [-0.39, 0.29) is 0 Å². The molecule has 0 amide bonds. The first kappa shape index (κ1) is 9.25. The molecule has 0 nitrogen and oxygen atoms in total. The highest BCUT2D eigenvalue weighted by Crippen LogP contribution is 2.21. The van der Waals surface area contributed by atoms with E-state index in [2.05, 4.69) is 20.0 Å². The Morgan fingerprint density at radius 2 is 2.22 bits per heavy atom. The lowest BCUT2D eigenvalue weighted by Crippen LogP contribution is -2.19. The Kier molecular flexibility index (Phi) is 4.24. The van der Waals surface area contributed by atoms with Crippen LogP contribution in [-0.4, -0.2) is 7.38 Å². The molecule has 0 saturated carbocycles.